The number of ketones is 1. The molecule has 0 aromatic rings. The van der Waals surface area contributed by atoms with Crippen LogP contribution in [0.15, 0.2) is 23.8 Å². The second-order valence-electron chi connectivity index (χ2n) is 12.9. The Kier molecular flexibility index (Phi) is 6.04. The number of hydrogen-bond acceptors (Lipinski definition) is 10. The maximum atomic E-state index is 13.2. The molecule has 3 aliphatic carbocycles. The fourth-order valence-corrected chi connectivity index (χ4v) is 8.85. The highest BCUT2D eigenvalue weighted by atomic mass is 16.6. The van der Waals surface area contributed by atoms with Crippen LogP contribution in [0, 0.1) is 16.7 Å². The summed E-state index contributed by atoms with van der Waals surface area (Å²) in [6.45, 7) is 5.02. The maximum absolute atomic E-state index is 13.2. The fraction of sp³-hybridized carbons (Fsp3) is 0.759. The Hall–Kier alpha value is -2.11. The number of carbonyl (C=O) groups excluding carboxylic acids is 3. The molecule has 0 aromatic carbocycles. The van der Waals surface area contributed by atoms with Crippen LogP contribution in [-0.4, -0.2) is 87.5 Å². The van der Waals surface area contributed by atoms with Crippen molar-refractivity contribution in [3.63, 3.8) is 0 Å². The molecule has 0 radical (unpaired) electrons. The molecule has 3 N–H and O–H groups in total. The average Bonchev–Trinajstić information content (AvgIpc) is 3.02. The molecule has 0 unspecified atom stereocenters. The van der Waals surface area contributed by atoms with Gasteiger partial charge in [-0.1, -0.05) is 13.0 Å². The SMILES string of the molecule is CC(=O)[C@@]12CC/C=C\C(=O)O[C@@H]3C[C@H]4O[C@@H]5[C@@H]6C[C@@]4(O)[C@@]3(C)[C@]5(CC[C@]6(C)O)COC(=O)/C=C(/CCO1)[C@@H]2O. The number of esters is 2. The number of cyclic esters (lactones) is 1. The van der Waals surface area contributed by atoms with E-state index in [9.17, 15) is 29.7 Å². The van der Waals surface area contributed by atoms with Crippen molar-refractivity contribution in [2.75, 3.05) is 13.2 Å². The number of allylic oxidation sites excluding steroid dienone is 1. The largest absolute Gasteiger partial charge is 0.462 e. The van der Waals surface area contributed by atoms with Gasteiger partial charge in [0.1, 0.15) is 24.4 Å². The first kappa shape index (κ1) is 27.1. The lowest BCUT2D eigenvalue weighted by molar-refractivity contribution is -0.377. The van der Waals surface area contributed by atoms with Crippen molar-refractivity contribution in [1.82, 2.24) is 0 Å². The molecule has 10 atom stereocenters. The van der Waals surface area contributed by atoms with Gasteiger partial charge in [0.25, 0.3) is 0 Å². The van der Waals surface area contributed by atoms with E-state index in [1.54, 1.807) is 13.0 Å². The zero-order valence-corrected chi connectivity index (χ0v) is 22.7. The normalized spacial score (nSPS) is 53.3. The smallest absolute Gasteiger partial charge is 0.330 e. The van der Waals surface area contributed by atoms with E-state index in [-0.39, 0.29) is 44.2 Å². The Morgan fingerprint density at radius 2 is 1.85 bits per heavy atom. The van der Waals surface area contributed by atoms with Crippen LogP contribution in [-0.2, 0) is 33.3 Å². The molecule has 214 valence electrons. The Labute approximate surface area is 227 Å². The van der Waals surface area contributed by atoms with Crippen LogP contribution >= 0.6 is 0 Å². The predicted molar refractivity (Wildman–Crippen MR) is 134 cm³/mol. The van der Waals surface area contributed by atoms with Crippen LogP contribution < -0.4 is 0 Å². The van der Waals surface area contributed by atoms with Gasteiger partial charge in [0.15, 0.2) is 11.4 Å². The minimum Gasteiger partial charge on any atom is -0.462 e. The minimum absolute atomic E-state index is 0.114. The number of aliphatic hydroxyl groups excluding tert-OH is 1. The molecule has 1 spiro atoms. The molecule has 4 aliphatic heterocycles. The molecule has 7 aliphatic rings. The Morgan fingerprint density at radius 1 is 1.08 bits per heavy atom. The van der Waals surface area contributed by atoms with Gasteiger partial charge in [0.05, 0.1) is 24.4 Å². The van der Waals surface area contributed by atoms with Gasteiger partial charge in [-0.3, -0.25) is 4.79 Å². The van der Waals surface area contributed by atoms with Crippen molar-refractivity contribution < 1.29 is 48.7 Å². The first-order valence-corrected chi connectivity index (χ1v) is 14.0. The van der Waals surface area contributed by atoms with Gasteiger partial charge < -0.3 is 34.3 Å². The van der Waals surface area contributed by atoms with Gasteiger partial charge in [-0.05, 0) is 57.9 Å². The summed E-state index contributed by atoms with van der Waals surface area (Å²) in [5.74, 6) is -2.02. The molecule has 7 rings (SSSR count). The number of carbonyl (C=O) groups is 3. The number of hydrogen-bond donors (Lipinski definition) is 3. The molecule has 0 amide bonds. The number of fused-ring (bicyclic) bond motifs is 2. The summed E-state index contributed by atoms with van der Waals surface area (Å²) in [5.41, 5.74) is -5.55. The van der Waals surface area contributed by atoms with Crippen LogP contribution in [0.4, 0.5) is 0 Å². The summed E-state index contributed by atoms with van der Waals surface area (Å²) < 4.78 is 24.1. The number of aliphatic hydroxyl groups is 3. The summed E-state index contributed by atoms with van der Waals surface area (Å²) >= 11 is 0. The summed E-state index contributed by atoms with van der Waals surface area (Å²) in [5, 5.41) is 34.6. The van der Waals surface area contributed by atoms with Crippen molar-refractivity contribution in [2.45, 2.75) is 107 Å². The van der Waals surface area contributed by atoms with Crippen molar-refractivity contribution in [3.8, 4) is 0 Å². The highest BCUT2D eigenvalue weighted by Crippen LogP contribution is 2.74. The molecule has 0 aromatic heterocycles. The third kappa shape index (κ3) is 3.48. The van der Waals surface area contributed by atoms with Crippen molar-refractivity contribution >= 4 is 17.7 Å². The van der Waals surface area contributed by atoms with Crippen molar-refractivity contribution in [2.24, 2.45) is 16.7 Å². The lowest BCUT2D eigenvalue weighted by Crippen LogP contribution is -2.80. The fourth-order valence-electron chi connectivity index (χ4n) is 8.85. The second-order valence-corrected chi connectivity index (χ2v) is 12.9. The molecular weight excluding hydrogens is 508 g/mol. The summed E-state index contributed by atoms with van der Waals surface area (Å²) in [4.78, 5) is 38.9. The zero-order chi connectivity index (χ0) is 28.0. The number of Topliss-reactive ketones (excluding diaryl/α,β-unsaturated/α-hetero) is 1. The molecule has 4 heterocycles. The van der Waals surface area contributed by atoms with E-state index in [0.29, 0.717) is 31.3 Å². The second kappa shape index (κ2) is 8.69. The van der Waals surface area contributed by atoms with E-state index in [0.717, 1.165) is 0 Å². The number of rotatable bonds is 1. The molecule has 10 heteroatoms. The van der Waals surface area contributed by atoms with Crippen LogP contribution in [0.25, 0.3) is 0 Å². The predicted octanol–water partition coefficient (Wildman–Crippen LogP) is 1.29. The van der Waals surface area contributed by atoms with Gasteiger partial charge in [-0.25, -0.2) is 9.59 Å². The standard InChI is InChI=1S/C29H38O10/c1-16(30)28-8-5-4-6-21(31)38-19-13-20-29(35)14-18-24(39-20)27(26(19,29)3,10-9-25(18,2)34)15-36-22(32)12-17(23(28)33)7-11-37-28/h4,6,12,18-20,23-24,33-35H,5,7-11,13-15H2,1-3H3/b6-4-,17-12-/t18-,19+,20+,23-,24+,25-,26+,27+,28+,29-/m0/s1. The van der Waals surface area contributed by atoms with E-state index < -0.39 is 64.0 Å². The minimum atomic E-state index is -1.53. The first-order chi connectivity index (χ1) is 18.3. The van der Waals surface area contributed by atoms with E-state index in [1.807, 2.05) is 6.92 Å². The van der Waals surface area contributed by atoms with Gasteiger partial charge in [0, 0.05) is 35.3 Å². The lowest BCUT2D eigenvalue weighted by Gasteiger charge is -2.71. The van der Waals surface area contributed by atoms with Crippen LogP contribution in [0.3, 0.4) is 0 Å². The lowest BCUT2D eigenvalue weighted by atomic mass is 9.40. The third-order valence-corrected chi connectivity index (χ3v) is 11.3. The Bertz CT molecular complexity index is 1160. The molecule has 10 nitrogen and oxygen atoms in total. The highest BCUT2D eigenvalue weighted by molar-refractivity contribution is 5.88. The van der Waals surface area contributed by atoms with Crippen LogP contribution in [0.1, 0.15) is 65.7 Å². The van der Waals surface area contributed by atoms with E-state index >= 15 is 0 Å². The average molecular weight is 547 g/mol. The van der Waals surface area contributed by atoms with E-state index in [2.05, 4.69) is 0 Å². The summed E-state index contributed by atoms with van der Waals surface area (Å²) in [7, 11) is 0. The van der Waals surface area contributed by atoms with Gasteiger partial charge in [-0.15, -0.1) is 0 Å². The molecular formula is C29H38O10. The molecule has 8 bridgehead atoms. The summed E-state index contributed by atoms with van der Waals surface area (Å²) in [6.07, 6.45) is 3.04. The first-order valence-electron chi connectivity index (χ1n) is 14.0. The quantitative estimate of drug-likeness (QED) is 0.411. The molecule has 39 heavy (non-hydrogen) atoms. The Balaban J connectivity index is 1.42. The molecule has 3 saturated heterocycles. The topological polar surface area (TPSA) is 149 Å². The van der Waals surface area contributed by atoms with Gasteiger partial charge >= 0.3 is 11.9 Å². The third-order valence-electron chi connectivity index (χ3n) is 11.3. The van der Waals surface area contributed by atoms with Crippen LogP contribution in [0.5, 0.6) is 0 Å². The highest BCUT2D eigenvalue weighted by Gasteiger charge is 2.83. The monoisotopic (exact) mass is 546 g/mol. The van der Waals surface area contributed by atoms with Crippen LogP contribution in [0.2, 0.25) is 0 Å². The maximum Gasteiger partial charge on any atom is 0.330 e. The zero-order valence-electron chi connectivity index (χ0n) is 22.7. The number of ether oxygens (including phenoxy) is 4. The molecule has 3 saturated carbocycles. The van der Waals surface area contributed by atoms with E-state index in [4.69, 9.17) is 18.9 Å². The van der Waals surface area contributed by atoms with Gasteiger partial charge in [-0.2, -0.15) is 0 Å². The summed E-state index contributed by atoms with van der Waals surface area (Å²) in [6, 6.07) is 0. The Morgan fingerprint density at radius 3 is 2.59 bits per heavy atom. The van der Waals surface area contributed by atoms with Crippen molar-refractivity contribution in [3.05, 3.63) is 23.8 Å². The van der Waals surface area contributed by atoms with E-state index in [1.165, 1.54) is 19.1 Å². The molecule has 6 fully saturated rings. The van der Waals surface area contributed by atoms with Crippen molar-refractivity contribution in [1.29, 1.82) is 0 Å². The van der Waals surface area contributed by atoms with Gasteiger partial charge in [0.2, 0.25) is 0 Å².